The van der Waals surface area contributed by atoms with E-state index in [0.29, 0.717) is 6.42 Å². The Bertz CT molecular complexity index is 697. The summed E-state index contributed by atoms with van der Waals surface area (Å²) in [5.41, 5.74) is 2.53. The molecule has 2 aromatic carbocycles. The third-order valence-electron chi connectivity index (χ3n) is 3.65. The molecule has 1 amide bonds. The predicted molar refractivity (Wildman–Crippen MR) is 98.2 cm³/mol. The van der Waals surface area contributed by atoms with Gasteiger partial charge in [-0.1, -0.05) is 42.5 Å². The van der Waals surface area contributed by atoms with Crippen LogP contribution in [0.3, 0.4) is 0 Å². The summed E-state index contributed by atoms with van der Waals surface area (Å²) in [6.07, 6.45) is 0.331. The molecule has 0 aromatic heterocycles. The smallest absolute Gasteiger partial charge is 0.332 e. The van der Waals surface area contributed by atoms with Crippen LogP contribution in [0.1, 0.15) is 31.0 Å². The number of hydrogen-bond donors (Lipinski definition) is 2. The largest absolute Gasteiger partial charge is 0.467 e. The minimum Gasteiger partial charge on any atom is -0.467 e. The summed E-state index contributed by atoms with van der Waals surface area (Å²) in [7, 11) is 1.37. The van der Waals surface area contributed by atoms with Gasteiger partial charge < -0.3 is 15.4 Å². The maximum Gasteiger partial charge on any atom is 0.332 e. The summed E-state index contributed by atoms with van der Waals surface area (Å²) in [4.78, 5) is 23.9. The summed E-state index contributed by atoms with van der Waals surface area (Å²) in [5.74, 6) is -0.362. The highest BCUT2D eigenvalue weighted by atomic mass is 16.5. The molecule has 0 aliphatic carbocycles. The van der Waals surface area contributed by atoms with Gasteiger partial charge in [-0.2, -0.15) is 0 Å². The molecule has 0 radical (unpaired) electrons. The van der Waals surface area contributed by atoms with Gasteiger partial charge in [0.25, 0.3) is 0 Å². The van der Waals surface area contributed by atoms with Crippen LogP contribution in [-0.2, 0) is 20.7 Å². The minimum atomic E-state index is -0.582. The Kier molecular flexibility index (Phi) is 6.57. The van der Waals surface area contributed by atoms with Crippen molar-refractivity contribution in [1.29, 1.82) is 0 Å². The molecule has 2 rings (SSSR count). The molecule has 5 nitrogen and oxygen atoms in total. The fourth-order valence-electron chi connectivity index (χ4n) is 2.49. The summed E-state index contributed by atoms with van der Waals surface area (Å²) < 4.78 is 4.90. The molecule has 1 unspecified atom stereocenters. The van der Waals surface area contributed by atoms with Crippen LogP contribution in [0.2, 0.25) is 0 Å². The maximum atomic E-state index is 12.1. The van der Waals surface area contributed by atoms with Crippen molar-refractivity contribution in [2.24, 2.45) is 0 Å². The second kappa shape index (κ2) is 8.87. The Morgan fingerprint density at radius 2 is 1.64 bits per heavy atom. The number of esters is 1. The maximum absolute atomic E-state index is 12.1. The standard InChI is InChI=1S/C20H24N2O3/c1-14(2)21-18(23)13-15-9-11-17(12-10-15)22-19(20(24)25-3)16-7-5-4-6-8-16/h4-12,14,19,22H,13H2,1-3H3,(H,21,23). The van der Waals surface area contributed by atoms with Crippen molar-refractivity contribution in [3.63, 3.8) is 0 Å². The fraction of sp³-hybridized carbons (Fsp3) is 0.300. The third-order valence-corrected chi connectivity index (χ3v) is 3.65. The van der Waals surface area contributed by atoms with Crippen molar-refractivity contribution in [3.05, 3.63) is 65.7 Å². The van der Waals surface area contributed by atoms with Gasteiger partial charge in [0.15, 0.2) is 6.04 Å². The van der Waals surface area contributed by atoms with Gasteiger partial charge in [-0.3, -0.25) is 4.79 Å². The molecule has 0 heterocycles. The Morgan fingerprint density at radius 3 is 2.20 bits per heavy atom. The third kappa shape index (κ3) is 5.64. The van der Waals surface area contributed by atoms with Crippen LogP contribution in [0.25, 0.3) is 0 Å². The van der Waals surface area contributed by atoms with E-state index in [1.165, 1.54) is 7.11 Å². The van der Waals surface area contributed by atoms with Crippen molar-refractivity contribution in [3.8, 4) is 0 Å². The monoisotopic (exact) mass is 340 g/mol. The Hall–Kier alpha value is -2.82. The molecule has 0 saturated carbocycles. The lowest BCUT2D eigenvalue weighted by atomic mass is 10.1. The number of anilines is 1. The molecular formula is C20H24N2O3. The van der Waals surface area contributed by atoms with E-state index in [2.05, 4.69) is 10.6 Å². The second-order valence-electron chi connectivity index (χ2n) is 6.11. The van der Waals surface area contributed by atoms with Crippen LogP contribution in [0.5, 0.6) is 0 Å². The quantitative estimate of drug-likeness (QED) is 0.760. The van der Waals surface area contributed by atoms with Gasteiger partial charge >= 0.3 is 5.97 Å². The number of nitrogens with one attached hydrogen (secondary N) is 2. The number of ether oxygens (including phenoxy) is 1. The molecule has 25 heavy (non-hydrogen) atoms. The molecule has 0 spiro atoms. The number of amides is 1. The van der Waals surface area contributed by atoms with Crippen LogP contribution in [0.4, 0.5) is 5.69 Å². The van der Waals surface area contributed by atoms with Crippen molar-refractivity contribution in [2.75, 3.05) is 12.4 Å². The molecule has 5 heteroatoms. The zero-order chi connectivity index (χ0) is 18.2. The van der Waals surface area contributed by atoms with E-state index in [1.807, 2.05) is 68.4 Å². The summed E-state index contributed by atoms with van der Waals surface area (Å²) in [5, 5.41) is 6.05. The molecule has 0 saturated heterocycles. The molecule has 0 aliphatic heterocycles. The van der Waals surface area contributed by atoms with Crippen molar-refractivity contribution in [1.82, 2.24) is 5.32 Å². The lowest BCUT2D eigenvalue weighted by Crippen LogP contribution is -2.31. The fourth-order valence-corrected chi connectivity index (χ4v) is 2.49. The van der Waals surface area contributed by atoms with Crippen LogP contribution in [0.15, 0.2) is 54.6 Å². The summed E-state index contributed by atoms with van der Waals surface area (Å²) in [6.45, 7) is 3.86. The topological polar surface area (TPSA) is 67.4 Å². The normalized spacial score (nSPS) is 11.7. The molecule has 1 atom stereocenters. The number of methoxy groups -OCH3 is 1. The first-order chi connectivity index (χ1) is 12.0. The van der Waals surface area contributed by atoms with E-state index in [9.17, 15) is 9.59 Å². The first-order valence-electron chi connectivity index (χ1n) is 8.27. The highest BCUT2D eigenvalue weighted by Gasteiger charge is 2.20. The molecule has 0 fully saturated rings. The first-order valence-corrected chi connectivity index (χ1v) is 8.27. The van der Waals surface area contributed by atoms with E-state index in [-0.39, 0.29) is 17.9 Å². The number of benzene rings is 2. The van der Waals surface area contributed by atoms with Gasteiger partial charge in [0.1, 0.15) is 0 Å². The van der Waals surface area contributed by atoms with E-state index in [0.717, 1.165) is 16.8 Å². The lowest BCUT2D eigenvalue weighted by Gasteiger charge is -2.18. The highest BCUT2D eigenvalue weighted by molar-refractivity contribution is 5.81. The predicted octanol–water partition coefficient (Wildman–Crippen LogP) is 3.08. The van der Waals surface area contributed by atoms with Gasteiger partial charge in [0.2, 0.25) is 5.91 Å². The molecular weight excluding hydrogens is 316 g/mol. The highest BCUT2D eigenvalue weighted by Crippen LogP contribution is 2.21. The van der Waals surface area contributed by atoms with Gasteiger partial charge in [-0.05, 0) is 37.1 Å². The number of rotatable bonds is 7. The van der Waals surface area contributed by atoms with Gasteiger partial charge in [-0.25, -0.2) is 4.79 Å². The average molecular weight is 340 g/mol. The van der Waals surface area contributed by atoms with E-state index < -0.39 is 6.04 Å². The van der Waals surface area contributed by atoms with Crippen LogP contribution in [-0.4, -0.2) is 25.0 Å². The molecule has 2 aromatic rings. The number of hydrogen-bond acceptors (Lipinski definition) is 4. The Labute approximate surface area is 148 Å². The van der Waals surface area contributed by atoms with Crippen molar-refractivity contribution < 1.29 is 14.3 Å². The summed E-state index contributed by atoms with van der Waals surface area (Å²) >= 11 is 0. The average Bonchev–Trinajstić information content (AvgIpc) is 2.60. The van der Waals surface area contributed by atoms with Crippen molar-refractivity contribution in [2.45, 2.75) is 32.4 Å². The zero-order valence-corrected chi connectivity index (χ0v) is 14.8. The molecule has 0 aliphatic rings. The van der Waals surface area contributed by atoms with Gasteiger partial charge in [-0.15, -0.1) is 0 Å². The van der Waals surface area contributed by atoms with E-state index in [4.69, 9.17) is 4.74 Å². The van der Waals surface area contributed by atoms with Crippen molar-refractivity contribution >= 4 is 17.6 Å². The zero-order valence-electron chi connectivity index (χ0n) is 14.8. The van der Waals surface area contributed by atoms with Crippen LogP contribution in [0, 0.1) is 0 Å². The SMILES string of the molecule is COC(=O)C(Nc1ccc(CC(=O)NC(C)C)cc1)c1ccccc1. The number of carbonyl (C=O) groups excluding carboxylic acids is 2. The molecule has 132 valence electrons. The Balaban J connectivity index is 2.07. The Morgan fingerprint density at radius 1 is 1.00 bits per heavy atom. The van der Waals surface area contributed by atoms with Crippen LogP contribution >= 0.6 is 0 Å². The second-order valence-corrected chi connectivity index (χ2v) is 6.11. The minimum absolute atomic E-state index is 0.00701. The van der Waals surface area contributed by atoms with Gasteiger partial charge in [0, 0.05) is 11.7 Å². The van der Waals surface area contributed by atoms with E-state index >= 15 is 0 Å². The lowest BCUT2D eigenvalue weighted by molar-refractivity contribution is -0.141. The molecule has 0 bridgehead atoms. The number of carbonyl (C=O) groups is 2. The van der Waals surface area contributed by atoms with Gasteiger partial charge in [0.05, 0.1) is 13.5 Å². The van der Waals surface area contributed by atoms with Crippen LogP contribution < -0.4 is 10.6 Å². The van der Waals surface area contributed by atoms with E-state index in [1.54, 1.807) is 0 Å². The summed E-state index contributed by atoms with van der Waals surface area (Å²) in [6, 6.07) is 16.4. The first kappa shape index (κ1) is 18.5. The molecule has 2 N–H and O–H groups in total.